The van der Waals surface area contributed by atoms with E-state index in [4.69, 9.17) is 5.84 Å². The summed E-state index contributed by atoms with van der Waals surface area (Å²) in [6.45, 7) is 0.0627. The predicted octanol–water partition coefficient (Wildman–Crippen LogP) is -0.431. The van der Waals surface area contributed by atoms with Crippen LogP contribution in [0.15, 0.2) is 53.7 Å². The highest BCUT2D eigenvalue weighted by Crippen LogP contribution is 2.33. The van der Waals surface area contributed by atoms with Crippen LogP contribution >= 0.6 is 0 Å². The van der Waals surface area contributed by atoms with Gasteiger partial charge in [-0.15, -0.1) is 0 Å². The number of hydrogen-bond acceptors (Lipinski definition) is 6. The minimum absolute atomic E-state index is 0.101. The zero-order valence-corrected chi connectivity index (χ0v) is 17.0. The lowest BCUT2D eigenvalue weighted by molar-refractivity contribution is -0.678. The number of Topliss-reactive ketones (excluding diaryl/α,β-unsaturated/α-hetero) is 1. The molecule has 2 aliphatic heterocycles. The summed E-state index contributed by atoms with van der Waals surface area (Å²) in [4.78, 5) is 27.0. The third kappa shape index (κ3) is 3.52. The fourth-order valence-corrected chi connectivity index (χ4v) is 5.90. The van der Waals surface area contributed by atoms with E-state index in [1.54, 1.807) is 36.4 Å². The van der Waals surface area contributed by atoms with Crippen LogP contribution < -0.4 is 10.5 Å². The van der Waals surface area contributed by atoms with Gasteiger partial charge in [-0.1, -0.05) is 16.8 Å². The molecule has 30 heavy (non-hydrogen) atoms. The van der Waals surface area contributed by atoms with Crippen molar-refractivity contribution in [2.24, 2.45) is 0 Å². The van der Waals surface area contributed by atoms with Gasteiger partial charge in [-0.05, 0) is 36.6 Å². The first-order valence-corrected chi connectivity index (χ1v) is 11.1. The van der Waals surface area contributed by atoms with E-state index >= 15 is 0 Å². The lowest BCUT2D eigenvalue weighted by Gasteiger charge is -2.23. The standard InChI is InChI=1S/C20H22N4O5S/c21-23-11-2-1-3-19(23)30(28,29)24-13-17(26)20-16(24)10-12-22(20)18(27)9-6-14-4-7-15(25)8-5-14/h1-5,7-8,11,16,20H,6,9-10,12-13,21H2/p+1. The van der Waals surface area contributed by atoms with Crippen LogP contribution in [0.2, 0.25) is 0 Å². The minimum Gasteiger partial charge on any atom is -0.508 e. The van der Waals surface area contributed by atoms with Crippen molar-refractivity contribution in [3.8, 4) is 5.75 Å². The number of ketones is 1. The summed E-state index contributed by atoms with van der Waals surface area (Å²) in [5, 5.41) is 9.25. The number of aromatic nitrogens is 1. The number of phenols is 1. The molecule has 0 aliphatic carbocycles. The zero-order chi connectivity index (χ0) is 21.5. The number of nitrogen functional groups attached to an aromatic ring is 1. The third-order valence-electron chi connectivity index (χ3n) is 5.69. The maximum Gasteiger partial charge on any atom is 0.340 e. The van der Waals surface area contributed by atoms with Gasteiger partial charge >= 0.3 is 15.0 Å². The second-order valence-electron chi connectivity index (χ2n) is 7.52. The molecule has 158 valence electrons. The lowest BCUT2D eigenvalue weighted by Crippen LogP contribution is -2.52. The SMILES string of the molecule is N[n+]1ccccc1S(=O)(=O)N1CC(=O)C2C1CCN2C(=O)CCc1ccc(O)cc1. The third-order valence-corrected chi connectivity index (χ3v) is 7.58. The molecular weight excluding hydrogens is 408 g/mol. The van der Waals surface area contributed by atoms with Gasteiger partial charge in [-0.3, -0.25) is 9.59 Å². The van der Waals surface area contributed by atoms with E-state index in [1.165, 1.54) is 21.5 Å². The van der Waals surface area contributed by atoms with Crippen LogP contribution in [0, 0.1) is 0 Å². The lowest BCUT2D eigenvalue weighted by atomic mass is 10.1. The normalized spacial score (nSPS) is 21.7. The Bertz CT molecular complexity index is 1090. The van der Waals surface area contributed by atoms with Gasteiger partial charge in [-0.25, -0.2) is 14.3 Å². The molecule has 2 fully saturated rings. The number of aromatic hydroxyl groups is 1. The number of amides is 1. The maximum atomic E-state index is 13.1. The zero-order valence-electron chi connectivity index (χ0n) is 16.2. The van der Waals surface area contributed by atoms with Crippen LogP contribution in [0.25, 0.3) is 0 Å². The summed E-state index contributed by atoms with van der Waals surface area (Å²) < 4.78 is 28.4. The summed E-state index contributed by atoms with van der Waals surface area (Å²) in [5.74, 6) is 5.46. The van der Waals surface area contributed by atoms with E-state index in [9.17, 15) is 23.1 Å². The Hall–Kier alpha value is -2.98. The smallest absolute Gasteiger partial charge is 0.340 e. The van der Waals surface area contributed by atoms with Crippen molar-refractivity contribution < 1.29 is 27.8 Å². The van der Waals surface area contributed by atoms with Gasteiger partial charge in [0.25, 0.3) is 0 Å². The Kier molecular flexibility index (Phi) is 5.20. The first kappa shape index (κ1) is 20.3. The molecule has 3 N–H and O–H groups in total. The summed E-state index contributed by atoms with van der Waals surface area (Å²) in [5.41, 5.74) is 0.899. The van der Waals surface area contributed by atoms with Gasteiger partial charge in [0.15, 0.2) is 5.78 Å². The number of sulfonamides is 1. The topological polar surface area (TPSA) is 125 Å². The Morgan fingerprint density at radius 1 is 1.20 bits per heavy atom. The highest BCUT2D eigenvalue weighted by molar-refractivity contribution is 7.89. The minimum atomic E-state index is -3.98. The monoisotopic (exact) mass is 431 g/mol. The Morgan fingerprint density at radius 3 is 2.63 bits per heavy atom. The molecule has 0 spiro atoms. The first-order chi connectivity index (χ1) is 14.3. The molecule has 2 unspecified atom stereocenters. The Morgan fingerprint density at radius 2 is 1.93 bits per heavy atom. The number of rotatable bonds is 5. The van der Waals surface area contributed by atoms with Crippen LogP contribution in [0.4, 0.5) is 0 Å². The van der Waals surface area contributed by atoms with Crippen molar-refractivity contribution in [3.05, 3.63) is 54.2 Å². The Balaban J connectivity index is 1.49. The van der Waals surface area contributed by atoms with E-state index in [-0.39, 0.29) is 35.4 Å². The molecule has 1 amide bonds. The number of aryl methyl sites for hydroxylation is 1. The molecule has 0 saturated carbocycles. The van der Waals surface area contributed by atoms with Crippen molar-refractivity contribution in [2.75, 3.05) is 18.9 Å². The number of fused-ring (bicyclic) bond motifs is 1. The summed E-state index contributed by atoms with van der Waals surface area (Å²) in [7, 11) is -3.98. The number of likely N-dealkylation sites (tertiary alicyclic amines) is 1. The fourth-order valence-electron chi connectivity index (χ4n) is 4.21. The van der Waals surface area contributed by atoms with Crippen LogP contribution in [-0.4, -0.2) is 59.6 Å². The Labute approximate surface area is 174 Å². The van der Waals surface area contributed by atoms with Crippen molar-refractivity contribution in [3.63, 3.8) is 0 Å². The van der Waals surface area contributed by atoms with E-state index in [1.807, 2.05) is 0 Å². The van der Waals surface area contributed by atoms with Crippen molar-refractivity contribution in [1.82, 2.24) is 9.21 Å². The molecule has 0 radical (unpaired) electrons. The van der Waals surface area contributed by atoms with E-state index in [0.717, 1.165) is 10.2 Å². The number of nitrogens with zero attached hydrogens (tertiary/aromatic N) is 3. The van der Waals surface area contributed by atoms with Crippen molar-refractivity contribution in [1.29, 1.82) is 0 Å². The molecule has 3 heterocycles. The van der Waals surface area contributed by atoms with Crippen LogP contribution in [0.5, 0.6) is 5.75 Å². The molecule has 2 aliphatic rings. The maximum absolute atomic E-state index is 13.1. The molecular formula is C20H23N4O5S+. The molecule has 1 aromatic carbocycles. The second kappa shape index (κ2) is 7.69. The van der Waals surface area contributed by atoms with Crippen molar-refractivity contribution >= 4 is 21.7 Å². The van der Waals surface area contributed by atoms with Gasteiger partial charge in [0, 0.05) is 25.1 Å². The number of carbonyl (C=O) groups excluding carboxylic acids is 2. The number of benzene rings is 1. The van der Waals surface area contributed by atoms with Crippen LogP contribution in [-0.2, 0) is 26.0 Å². The quantitative estimate of drug-likeness (QED) is 0.489. The highest BCUT2D eigenvalue weighted by atomic mass is 32.2. The number of hydrogen-bond donors (Lipinski definition) is 2. The molecule has 4 rings (SSSR count). The van der Waals surface area contributed by atoms with E-state index in [2.05, 4.69) is 0 Å². The molecule has 9 nitrogen and oxygen atoms in total. The average molecular weight is 431 g/mol. The number of carbonyl (C=O) groups is 2. The van der Waals surface area contributed by atoms with Crippen LogP contribution in [0.3, 0.4) is 0 Å². The second-order valence-corrected chi connectivity index (χ2v) is 9.35. The molecule has 2 aromatic rings. The summed E-state index contributed by atoms with van der Waals surface area (Å²) in [6, 6.07) is 9.83. The van der Waals surface area contributed by atoms with E-state index in [0.29, 0.717) is 19.4 Å². The van der Waals surface area contributed by atoms with Gasteiger partial charge < -0.3 is 10.0 Å². The largest absolute Gasteiger partial charge is 0.508 e. The molecule has 2 atom stereocenters. The number of nitrogens with two attached hydrogens (primary N) is 1. The molecule has 0 bridgehead atoms. The van der Waals surface area contributed by atoms with E-state index < -0.39 is 22.1 Å². The summed E-state index contributed by atoms with van der Waals surface area (Å²) in [6.07, 6.45) is 2.50. The number of pyridine rings is 1. The predicted molar refractivity (Wildman–Crippen MR) is 106 cm³/mol. The van der Waals surface area contributed by atoms with Gasteiger partial charge in [0.1, 0.15) is 11.8 Å². The van der Waals surface area contributed by atoms with Gasteiger partial charge in [0.05, 0.1) is 12.6 Å². The fraction of sp³-hybridized carbons (Fsp3) is 0.350. The van der Waals surface area contributed by atoms with Gasteiger partial charge in [0.2, 0.25) is 12.1 Å². The highest BCUT2D eigenvalue weighted by Gasteiger charge is 2.55. The van der Waals surface area contributed by atoms with Crippen LogP contribution in [0.1, 0.15) is 18.4 Å². The first-order valence-electron chi connectivity index (χ1n) is 9.67. The molecule has 2 saturated heterocycles. The van der Waals surface area contributed by atoms with Gasteiger partial charge in [-0.2, -0.15) is 4.31 Å². The molecule has 1 aromatic heterocycles. The van der Waals surface area contributed by atoms with Crippen molar-refractivity contribution in [2.45, 2.75) is 36.4 Å². The summed E-state index contributed by atoms with van der Waals surface area (Å²) >= 11 is 0. The number of phenolic OH excluding ortho intramolecular Hbond substituents is 1. The molecule has 10 heteroatoms. The average Bonchev–Trinajstić information content (AvgIpc) is 3.29.